The molecule has 0 saturated heterocycles. The molecule has 0 spiro atoms. The fourth-order valence-corrected chi connectivity index (χ4v) is 1.78. The Hall–Kier alpha value is -2.70. The second kappa shape index (κ2) is 4.20. The number of fused-ring (bicyclic) bond motifs is 1. The van der Waals surface area contributed by atoms with Gasteiger partial charge in [-0.2, -0.15) is 0 Å². The summed E-state index contributed by atoms with van der Waals surface area (Å²) >= 11 is 0. The van der Waals surface area contributed by atoms with Gasteiger partial charge in [0.25, 0.3) is 0 Å². The van der Waals surface area contributed by atoms with Crippen molar-refractivity contribution in [2.24, 2.45) is 0 Å². The van der Waals surface area contributed by atoms with Crippen LogP contribution in [-0.4, -0.2) is 39.0 Å². The van der Waals surface area contributed by atoms with Gasteiger partial charge in [0.15, 0.2) is 17.3 Å². The molecule has 3 rings (SSSR count). The topological polar surface area (TPSA) is 96.6 Å². The summed E-state index contributed by atoms with van der Waals surface area (Å²) in [6, 6.07) is 3.85. The number of aromatic nitrogens is 5. The molecule has 0 radical (unpaired) electrons. The molecule has 96 valence electrons. The van der Waals surface area contributed by atoms with Gasteiger partial charge in [-0.1, -0.05) is 0 Å². The number of rotatable bonds is 2. The Balaban J connectivity index is 2.14. The van der Waals surface area contributed by atoms with Gasteiger partial charge in [-0.3, -0.25) is 0 Å². The van der Waals surface area contributed by atoms with Gasteiger partial charge in [0.05, 0.1) is 5.52 Å². The lowest BCUT2D eigenvalue weighted by Gasteiger charge is -2.09. The lowest BCUT2D eigenvalue weighted by Crippen LogP contribution is -2.10. The smallest absolute Gasteiger partial charge is 0.180 e. The Morgan fingerprint density at radius 3 is 2.63 bits per heavy atom. The van der Waals surface area contributed by atoms with Crippen LogP contribution in [0.2, 0.25) is 0 Å². The maximum absolute atomic E-state index is 5.79. The van der Waals surface area contributed by atoms with Crippen LogP contribution in [0.3, 0.4) is 0 Å². The monoisotopic (exact) mass is 255 g/mol. The number of pyridine rings is 1. The number of nitrogens with zero attached hydrogens (tertiary/aromatic N) is 5. The molecule has 0 aliphatic rings. The van der Waals surface area contributed by atoms with Gasteiger partial charge in [-0.15, -0.1) is 0 Å². The molecular weight excluding hydrogens is 242 g/mol. The molecule has 3 heterocycles. The van der Waals surface area contributed by atoms with Gasteiger partial charge in [-0.05, 0) is 12.1 Å². The Kier molecular flexibility index (Phi) is 2.52. The Bertz CT molecular complexity index is 732. The van der Waals surface area contributed by atoms with E-state index in [9.17, 15) is 0 Å². The largest absolute Gasteiger partial charge is 0.382 e. The molecule has 3 aromatic rings. The third-order valence-corrected chi connectivity index (χ3v) is 2.74. The Labute approximate surface area is 109 Å². The summed E-state index contributed by atoms with van der Waals surface area (Å²) in [4.78, 5) is 22.1. The second-order valence-electron chi connectivity index (χ2n) is 4.31. The molecule has 7 heteroatoms. The SMILES string of the molecule is CN(C)c1ccc2[nH]c(-c3nccnc3N)nc2n1. The van der Waals surface area contributed by atoms with E-state index in [1.165, 1.54) is 0 Å². The van der Waals surface area contributed by atoms with Crippen molar-refractivity contribution in [3.05, 3.63) is 24.5 Å². The highest BCUT2D eigenvalue weighted by Crippen LogP contribution is 2.22. The average molecular weight is 255 g/mol. The third-order valence-electron chi connectivity index (χ3n) is 2.74. The van der Waals surface area contributed by atoms with Gasteiger partial charge in [-0.25, -0.2) is 19.9 Å². The van der Waals surface area contributed by atoms with E-state index in [1.54, 1.807) is 12.4 Å². The van der Waals surface area contributed by atoms with Crippen LogP contribution in [-0.2, 0) is 0 Å². The average Bonchev–Trinajstić information content (AvgIpc) is 2.81. The first kappa shape index (κ1) is 11.4. The number of nitrogens with two attached hydrogens (primary N) is 1. The lowest BCUT2D eigenvalue weighted by molar-refractivity contribution is 1.08. The number of hydrogen-bond acceptors (Lipinski definition) is 6. The number of nitrogens with one attached hydrogen (secondary N) is 1. The first-order chi connectivity index (χ1) is 9.15. The highest BCUT2D eigenvalue weighted by Gasteiger charge is 2.11. The van der Waals surface area contributed by atoms with E-state index in [1.807, 2.05) is 31.1 Å². The van der Waals surface area contributed by atoms with Crippen molar-refractivity contribution in [2.75, 3.05) is 24.7 Å². The first-order valence-electron chi connectivity index (χ1n) is 5.76. The lowest BCUT2D eigenvalue weighted by atomic mass is 10.4. The molecule has 0 saturated carbocycles. The summed E-state index contributed by atoms with van der Waals surface area (Å²) in [5.41, 5.74) is 7.79. The van der Waals surface area contributed by atoms with Crippen molar-refractivity contribution in [3.63, 3.8) is 0 Å². The molecule has 3 aromatic heterocycles. The molecule has 0 bridgehead atoms. The van der Waals surface area contributed by atoms with Crippen molar-refractivity contribution in [2.45, 2.75) is 0 Å². The maximum Gasteiger partial charge on any atom is 0.180 e. The molecule has 7 nitrogen and oxygen atoms in total. The molecular formula is C12H13N7. The summed E-state index contributed by atoms with van der Waals surface area (Å²) in [6.45, 7) is 0. The number of anilines is 2. The van der Waals surface area contributed by atoms with Gasteiger partial charge >= 0.3 is 0 Å². The van der Waals surface area contributed by atoms with Crippen molar-refractivity contribution in [3.8, 4) is 11.5 Å². The normalized spacial score (nSPS) is 10.8. The van der Waals surface area contributed by atoms with Crippen molar-refractivity contribution >= 4 is 22.8 Å². The van der Waals surface area contributed by atoms with E-state index < -0.39 is 0 Å². The van der Waals surface area contributed by atoms with E-state index in [0.717, 1.165) is 11.3 Å². The van der Waals surface area contributed by atoms with Gasteiger partial charge in [0, 0.05) is 26.5 Å². The standard InChI is InChI=1S/C12H13N7/c1-19(2)8-4-3-7-11(17-8)18-12(16-7)9-10(13)15-6-5-14-9/h3-6H,1-2H3,(H2,13,15)(H,16,17,18). The van der Waals surface area contributed by atoms with Crippen molar-refractivity contribution < 1.29 is 0 Å². The summed E-state index contributed by atoms with van der Waals surface area (Å²) in [6.07, 6.45) is 3.13. The summed E-state index contributed by atoms with van der Waals surface area (Å²) in [5.74, 6) is 1.76. The zero-order valence-electron chi connectivity index (χ0n) is 10.6. The quantitative estimate of drug-likeness (QED) is 0.710. The zero-order chi connectivity index (χ0) is 13.4. The summed E-state index contributed by atoms with van der Waals surface area (Å²) in [7, 11) is 3.87. The predicted octanol–water partition coefficient (Wildman–Crippen LogP) is 1.06. The van der Waals surface area contributed by atoms with Crippen LogP contribution in [0.15, 0.2) is 24.5 Å². The first-order valence-corrected chi connectivity index (χ1v) is 5.76. The predicted molar refractivity (Wildman–Crippen MR) is 73.7 cm³/mol. The molecule has 0 unspecified atom stereocenters. The Morgan fingerprint density at radius 1 is 1.11 bits per heavy atom. The molecule has 0 aliphatic carbocycles. The van der Waals surface area contributed by atoms with Crippen LogP contribution in [0, 0.1) is 0 Å². The van der Waals surface area contributed by atoms with E-state index >= 15 is 0 Å². The van der Waals surface area contributed by atoms with Gasteiger partial charge < -0.3 is 15.6 Å². The minimum atomic E-state index is 0.342. The molecule has 0 fully saturated rings. The minimum absolute atomic E-state index is 0.342. The van der Waals surface area contributed by atoms with Crippen molar-refractivity contribution in [1.82, 2.24) is 24.9 Å². The Morgan fingerprint density at radius 2 is 1.89 bits per heavy atom. The fraction of sp³-hybridized carbons (Fsp3) is 0.167. The summed E-state index contributed by atoms with van der Waals surface area (Å²) < 4.78 is 0. The molecule has 0 atom stereocenters. The number of aromatic amines is 1. The summed E-state index contributed by atoms with van der Waals surface area (Å²) in [5, 5.41) is 0. The zero-order valence-corrected chi connectivity index (χ0v) is 10.6. The van der Waals surface area contributed by atoms with Crippen LogP contribution in [0.1, 0.15) is 0 Å². The minimum Gasteiger partial charge on any atom is -0.382 e. The van der Waals surface area contributed by atoms with Crippen LogP contribution in [0.4, 0.5) is 11.6 Å². The number of H-pyrrole nitrogens is 1. The van der Waals surface area contributed by atoms with E-state index in [2.05, 4.69) is 24.9 Å². The number of imidazole rings is 1. The fourth-order valence-electron chi connectivity index (χ4n) is 1.78. The highest BCUT2D eigenvalue weighted by molar-refractivity contribution is 5.78. The number of nitrogen functional groups attached to an aromatic ring is 1. The molecule has 0 aromatic carbocycles. The van der Waals surface area contributed by atoms with Gasteiger partial charge in [0.1, 0.15) is 11.5 Å². The molecule has 19 heavy (non-hydrogen) atoms. The molecule has 0 aliphatic heterocycles. The molecule has 3 N–H and O–H groups in total. The van der Waals surface area contributed by atoms with Crippen LogP contribution in [0.5, 0.6) is 0 Å². The van der Waals surface area contributed by atoms with E-state index in [4.69, 9.17) is 5.73 Å². The van der Waals surface area contributed by atoms with Crippen molar-refractivity contribution in [1.29, 1.82) is 0 Å². The number of hydrogen-bond donors (Lipinski definition) is 2. The highest BCUT2D eigenvalue weighted by atomic mass is 15.2. The van der Waals surface area contributed by atoms with E-state index in [0.29, 0.717) is 23.0 Å². The second-order valence-corrected chi connectivity index (χ2v) is 4.31. The third kappa shape index (κ3) is 1.95. The molecule has 0 amide bonds. The maximum atomic E-state index is 5.79. The van der Waals surface area contributed by atoms with Gasteiger partial charge in [0.2, 0.25) is 0 Å². The van der Waals surface area contributed by atoms with Crippen LogP contribution >= 0.6 is 0 Å². The van der Waals surface area contributed by atoms with Crippen LogP contribution < -0.4 is 10.6 Å². The van der Waals surface area contributed by atoms with Crippen LogP contribution in [0.25, 0.3) is 22.7 Å². The van der Waals surface area contributed by atoms with E-state index in [-0.39, 0.29) is 0 Å².